The van der Waals surface area contributed by atoms with Crippen LogP contribution in [0.5, 0.6) is 0 Å². The molecule has 21 heavy (non-hydrogen) atoms. The van der Waals surface area contributed by atoms with Crippen molar-refractivity contribution in [1.29, 1.82) is 0 Å². The summed E-state index contributed by atoms with van der Waals surface area (Å²) in [6.07, 6.45) is 0. The molecule has 0 aliphatic carbocycles. The highest BCUT2D eigenvalue weighted by Crippen LogP contribution is 2.23. The number of aryl methyl sites for hydroxylation is 1. The van der Waals surface area contributed by atoms with Crippen molar-refractivity contribution in [2.75, 3.05) is 19.4 Å². The van der Waals surface area contributed by atoms with Crippen LogP contribution in [0.15, 0.2) is 34.5 Å². The van der Waals surface area contributed by atoms with Gasteiger partial charge >= 0.3 is 0 Å². The fourth-order valence-electron chi connectivity index (χ4n) is 1.82. The highest BCUT2D eigenvalue weighted by molar-refractivity contribution is 7.89. The number of sulfonamides is 1. The lowest BCUT2D eigenvalue weighted by atomic mass is 10.3. The Hall–Kier alpha value is -1.44. The Morgan fingerprint density at radius 1 is 1.24 bits per heavy atom. The van der Waals surface area contributed by atoms with Crippen molar-refractivity contribution in [3.63, 3.8) is 0 Å². The molecule has 0 aliphatic heterocycles. The van der Waals surface area contributed by atoms with Crippen molar-refractivity contribution in [1.82, 2.24) is 9.29 Å². The lowest BCUT2D eigenvalue weighted by Crippen LogP contribution is -2.22. The van der Waals surface area contributed by atoms with Gasteiger partial charge in [-0.1, -0.05) is 0 Å². The first-order valence-electron chi connectivity index (χ1n) is 6.52. The lowest BCUT2D eigenvalue weighted by Gasteiger charge is -2.14. The van der Waals surface area contributed by atoms with Crippen molar-refractivity contribution >= 4 is 27.0 Å². The summed E-state index contributed by atoms with van der Waals surface area (Å²) in [5.74, 6) is 0. The van der Waals surface area contributed by atoms with Crippen molar-refractivity contribution in [2.45, 2.75) is 24.8 Å². The van der Waals surface area contributed by atoms with E-state index in [9.17, 15) is 8.42 Å². The fraction of sp³-hybridized carbons (Fsp3) is 0.357. The first-order chi connectivity index (χ1) is 9.80. The van der Waals surface area contributed by atoms with E-state index in [1.807, 2.05) is 19.2 Å². The third-order valence-corrected chi connectivity index (χ3v) is 6.00. The van der Waals surface area contributed by atoms with Crippen LogP contribution in [0, 0.1) is 6.92 Å². The highest BCUT2D eigenvalue weighted by Gasteiger charge is 2.17. The number of aromatic nitrogens is 1. The molecule has 2 rings (SSSR count). The highest BCUT2D eigenvalue weighted by atomic mass is 32.2. The number of nitrogens with zero attached hydrogens (tertiary/aromatic N) is 2. The Morgan fingerprint density at radius 2 is 1.86 bits per heavy atom. The summed E-state index contributed by atoms with van der Waals surface area (Å²) in [5, 5.41) is 6.34. The maximum Gasteiger partial charge on any atom is 0.242 e. The van der Waals surface area contributed by atoms with Gasteiger partial charge in [-0.25, -0.2) is 17.7 Å². The van der Waals surface area contributed by atoms with Gasteiger partial charge in [-0.2, -0.15) is 0 Å². The molecule has 1 N–H and O–H groups in total. The zero-order valence-corrected chi connectivity index (χ0v) is 14.1. The van der Waals surface area contributed by atoms with Gasteiger partial charge in [0.05, 0.1) is 10.9 Å². The summed E-state index contributed by atoms with van der Waals surface area (Å²) < 4.78 is 25.2. The van der Waals surface area contributed by atoms with Crippen LogP contribution in [-0.2, 0) is 10.0 Å². The maximum atomic E-state index is 12.0. The third kappa shape index (κ3) is 3.61. The van der Waals surface area contributed by atoms with E-state index in [2.05, 4.69) is 10.3 Å². The fourth-order valence-corrected chi connectivity index (χ4v) is 3.52. The molecule has 1 unspecified atom stereocenters. The molecule has 0 spiro atoms. The predicted octanol–water partition coefficient (Wildman–Crippen LogP) is 2.87. The largest absolute Gasteiger partial charge is 0.376 e. The standard InChI is InChI=1S/C14H19N3O2S2/c1-10-9-20-14(15-10)11(2)16-12-5-7-13(8-6-12)21(18,19)17(3)4/h5-9,11,16H,1-4H3. The van der Waals surface area contributed by atoms with Crippen LogP contribution in [0.4, 0.5) is 5.69 Å². The van der Waals surface area contributed by atoms with E-state index in [0.717, 1.165) is 16.4 Å². The smallest absolute Gasteiger partial charge is 0.242 e. The van der Waals surface area contributed by atoms with Gasteiger partial charge in [-0.3, -0.25) is 0 Å². The Labute approximate surface area is 129 Å². The Bertz CT molecular complexity index is 706. The molecule has 114 valence electrons. The number of hydrogen-bond acceptors (Lipinski definition) is 5. The molecule has 1 aromatic carbocycles. The molecule has 0 amide bonds. The molecule has 2 aromatic rings. The summed E-state index contributed by atoms with van der Waals surface area (Å²) in [6.45, 7) is 4.00. The van der Waals surface area contributed by atoms with Crippen LogP contribution in [0.3, 0.4) is 0 Å². The quantitative estimate of drug-likeness (QED) is 0.918. The van der Waals surface area contributed by atoms with E-state index >= 15 is 0 Å². The lowest BCUT2D eigenvalue weighted by molar-refractivity contribution is 0.521. The van der Waals surface area contributed by atoms with Crippen LogP contribution >= 0.6 is 11.3 Å². The Kier molecular flexibility index (Phi) is 4.65. The van der Waals surface area contributed by atoms with Crippen LogP contribution in [0.2, 0.25) is 0 Å². The van der Waals surface area contributed by atoms with Crippen molar-refractivity contribution < 1.29 is 8.42 Å². The minimum atomic E-state index is -3.38. The number of rotatable bonds is 5. The van der Waals surface area contributed by atoms with Crippen molar-refractivity contribution in [2.24, 2.45) is 0 Å². The topological polar surface area (TPSA) is 62.3 Å². The van der Waals surface area contributed by atoms with E-state index in [0.29, 0.717) is 0 Å². The molecule has 0 saturated carbocycles. The number of thiazole rings is 1. The minimum absolute atomic E-state index is 0.0833. The normalized spacial score (nSPS) is 13.4. The molecular formula is C14H19N3O2S2. The predicted molar refractivity (Wildman–Crippen MR) is 86.2 cm³/mol. The first kappa shape index (κ1) is 15.9. The molecule has 7 heteroatoms. The number of nitrogens with one attached hydrogen (secondary N) is 1. The number of anilines is 1. The van der Waals surface area contributed by atoms with Crippen LogP contribution in [0.1, 0.15) is 23.7 Å². The summed E-state index contributed by atoms with van der Waals surface area (Å²) in [6, 6.07) is 6.84. The van der Waals surface area contributed by atoms with Crippen molar-refractivity contribution in [3.05, 3.63) is 40.3 Å². The van der Waals surface area contributed by atoms with Gasteiger partial charge in [-0.15, -0.1) is 11.3 Å². The van der Waals surface area contributed by atoms with Gasteiger partial charge in [0.1, 0.15) is 5.01 Å². The average molecular weight is 325 g/mol. The number of benzene rings is 1. The molecule has 1 aromatic heterocycles. The van der Waals surface area contributed by atoms with E-state index in [4.69, 9.17) is 0 Å². The van der Waals surface area contributed by atoms with E-state index in [-0.39, 0.29) is 10.9 Å². The monoisotopic (exact) mass is 325 g/mol. The molecule has 0 aliphatic rings. The van der Waals surface area contributed by atoms with Crippen LogP contribution in [-0.4, -0.2) is 31.8 Å². The molecule has 0 saturated heterocycles. The second kappa shape index (κ2) is 6.13. The van der Waals surface area contributed by atoms with Gasteiger partial charge in [0.15, 0.2) is 0 Å². The SMILES string of the molecule is Cc1csc(C(C)Nc2ccc(S(=O)(=O)N(C)C)cc2)n1. The molecule has 1 heterocycles. The van der Waals surface area contributed by atoms with Gasteiger partial charge in [-0.05, 0) is 38.1 Å². The van der Waals surface area contributed by atoms with Crippen molar-refractivity contribution in [3.8, 4) is 0 Å². The maximum absolute atomic E-state index is 12.0. The van der Waals surface area contributed by atoms with E-state index in [1.165, 1.54) is 18.4 Å². The summed E-state index contributed by atoms with van der Waals surface area (Å²) in [4.78, 5) is 4.73. The molecule has 1 atom stereocenters. The van der Waals surface area contributed by atoms with Crippen LogP contribution in [0.25, 0.3) is 0 Å². The molecule has 0 radical (unpaired) electrons. The summed E-state index contributed by atoms with van der Waals surface area (Å²) in [5.41, 5.74) is 1.88. The zero-order valence-electron chi connectivity index (χ0n) is 12.5. The Morgan fingerprint density at radius 3 is 2.33 bits per heavy atom. The van der Waals surface area contributed by atoms with E-state index in [1.54, 1.807) is 35.6 Å². The minimum Gasteiger partial charge on any atom is -0.376 e. The van der Waals surface area contributed by atoms with Crippen LogP contribution < -0.4 is 5.32 Å². The zero-order chi connectivity index (χ0) is 15.6. The Balaban J connectivity index is 2.13. The van der Waals surface area contributed by atoms with Gasteiger partial charge in [0.2, 0.25) is 10.0 Å². The van der Waals surface area contributed by atoms with Gasteiger partial charge in [0.25, 0.3) is 0 Å². The molecule has 0 fully saturated rings. The summed E-state index contributed by atoms with van der Waals surface area (Å²) >= 11 is 1.61. The van der Waals surface area contributed by atoms with Gasteiger partial charge < -0.3 is 5.32 Å². The first-order valence-corrected chi connectivity index (χ1v) is 8.84. The second-order valence-corrected chi connectivity index (χ2v) is 8.05. The molecule has 0 bridgehead atoms. The average Bonchev–Trinajstić information content (AvgIpc) is 2.86. The summed E-state index contributed by atoms with van der Waals surface area (Å²) in [7, 11) is -0.331. The van der Waals surface area contributed by atoms with Gasteiger partial charge in [0, 0.05) is 30.9 Å². The number of hydrogen-bond donors (Lipinski definition) is 1. The molecule has 5 nitrogen and oxygen atoms in total. The second-order valence-electron chi connectivity index (χ2n) is 5.00. The van der Waals surface area contributed by atoms with E-state index < -0.39 is 10.0 Å². The third-order valence-electron chi connectivity index (χ3n) is 3.02. The molecular weight excluding hydrogens is 306 g/mol.